The van der Waals surface area contributed by atoms with Gasteiger partial charge in [-0.25, -0.2) is 8.42 Å². The lowest BCUT2D eigenvalue weighted by Gasteiger charge is -2.22. The van der Waals surface area contributed by atoms with Crippen molar-refractivity contribution in [3.05, 3.63) is 65.2 Å². The molecule has 1 unspecified atom stereocenters. The average molecular weight is 375 g/mol. The fourth-order valence-corrected chi connectivity index (χ4v) is 3.84. The van der Waals surface area contributed by atoms with Crippen LogP contribution < -0.4 is 9.62 Å². The Morgan fingerprint density at radius 3 is 2.12 bits per heavy atom. The third-order valence-electron chi connectivity index (χ3n) is 4.33. The fraction of sp³-hybridized carbons (Fsp3) is 0.350. The molecule has 2 aromatic rings. The lowest BCUT2D eigenvalue weighted by molar-refractivity contribution is 0.0940. The molecule has 1 N–H and O–H groups in total. The maximum atomic E-state index is 12.5. The number of carbonyl (C=O) groups is 1. The van der Waals surface area contributed by atoms with Crippen LogP contribution in [0, 0.1) is 6.92 Å². The molecule has 0 aliphatic rings. The number of anilines is 1. The molecule has 26 heavy (non-hydrogen) atoms. The second kappa shape index (κ2) is 8.36. The maximum Gasteiger partial charge on any atom is 0.251 e. The molecule has 0 aliphatic heterocycles. The summed E-state index contributed by atoms with van der Waals surface area (Å²) < 4.78 is 25.6. The van der Waals surface area contributed by atoms with E-state index in [4.69, 9.17) is 0 Å². The van der Waals surface area contributed by atoms with Gasteiger partial charge in [0.1, 0.15) is 0 Å². The highest BCUT2D eigenvalue weighted by Gasteiger charge is 2.19. The Morgan fingerprint density at radius 1 is 1.04 bits per heavy atom. The summed E-state index contributed by atoms with van der Waals surface area (Å²) in [6.07, 6.45) is 0. The third-order valence-corrected chi connectivity index (χ3v) is 6.20. The first-order chi connectivity index (χ1) is 12.3. The van der Waals surface area contributed by atoms with Gasteiger partial charge >= 0.3 is 0 Å². The van der Waals surface area contributed by atoms with E-state index in [0.29, 0.717) is 17.8 Å². The van der Waals surface area contributed by atoms with Crippen molar-refractivity contribution in [3.63, 3.8) is 0 Å². The molecule has 0 heterocycles. The van der Waals surface area contributed by atoms with Crippen LogP contribution in [0.2, 0.25) is 0 Å². The van der Waals surface area contributed by atoms with E-state index >= 15 is 0 Å². The van der Waals surface area contributed by atoms with Crippen LogP contribution in [0.4, 0.5) is 5.69 Å². The van der Waals surface area contributed by atoms with E-state index in [1.165, 1.54) is 9.87 Å². The molecular formula is C20H26N2O3S. The largest absolute Gasteiger partial charge is 0.346 e. The van der Waals surface area contributed by atoms with Gasteiger partial charge < -0.3 is 5.32 Å². The Labute approximate surface area is 156 Å². The van der Waals surface area contributed by atoms with E-state index in [-0.39, 0.29) is 17.7 Å². The van der Waals surface area contributed by atoms with Crippen LogP contribution >= 0.6 is 0 Å². The minimum atomic E-state index is -3.32. The molecule has 1 atom stereocenters. The number of rotatable bonds is 7. The van der Waals surface area contributed by atoms with Crippen LogP contribution in [0.3, 0.4) is 0 Å². The van der Waals surface area contributed by atoms with Gasteiger partial charge in [0.15, 0.2) is 0 Å². The molecule has 6 heteroatoms. The van der Waals surface area contributed by atoms with Gasteiger partial charge in [-0.1, -0.05) is 29.8 Å². The zero-order valence-corrected chi connectivity index (χ0v) is 16.5. The number of carbonyl (C=O) groups excluding carboxylic acids is 1. The smallest absolute Gasteiger partial charge is 0.251 e. The van der Waals surface area contributed by atoms with Gasteiger partial charge in [0.2, 0.25) is 10.0 Å². The predicted octanol–water partition coefficient (Wildman–Crippen LogP) is 3.66. The molecule has 1 amide bonds. The van der Waals surface area contributed by atoms with Crippen LogP contribution in [0.1, 0.15) is 48.3 Å². The van der Waals surface area contributed by atoms with E-state index in [0.717, 1.165) is 5.56 Å². The molecule has 2 aromatic carbocycles. The zero-order valence-electron chi connectivity index (χ0n) is 15.7. The van der Waals surface area contributed by atoms with E-state index in [1.807, 2.05) is 38.1 Å². The lowest BCUT2D eigenvalue weighted by Crippen LogP contribution is -2.32. The summed E-state index contributed by atoms with van der Waals surface area (Å²) in [5, 5.41) is 2.97. The monoisotopic (exact) mass is 374 g/mol. The lowest BCUT2D eigenvalue weighted by atomic mass is 10.1. The molecular weight excluding hydrogens is 348 g/mol. The minimum absolute atomic E-state index is 0.0388. The number of nitrogens with one attached hydrogen (secondary N) is 1. The van der Waals surface area contributed by atoms with Gasteiger partial charge in [-0.2, -0.15) is 0 Å². The first-order valence-corrected chi connectivity index (χ1v) is 10.4. The van der Waals surface area contributed by atoms with Crippen LogP contribution in [0.15, 0.2) is 48.5 Å². The van der Waals surface area contributed by atoms with Crippen LogP contribution in [0.5, 0.6) is 0 Å². The average Bonchev–Trinajstić information content (AvgIpc) is 2.63. The number of sulfonamides is 1. The molecule has 2 rings (SSSR count). The number of nitrogens with zero attached hydrogens (tertiary/aromatic N) is 1. The highest BCUT2D eigenvalue weighted by atomic mass is 32.2. The third kappa shape index (κ3) is 4.64. The topological polar surface area (TPSA) is 66.5 Å². The summed E-state index contributed by atoms with van der Waals surface area (Å²) in [5.41, 5.74) is 3.27. The number of aryl methyl sites for hydroxylation is 1. The Hall–Kier alpha value is -2.34. The quantitative estimate of drug-likeness (QED) is 0.804. The van der Waals surface area contributed by atoms with E-state index in [9.17, 15) is 13.2 Å². The van der Waals surface area contributed by atoms with Gasteiger partial charge in [-0.3, -0.25) is 9.10 Å². The SMILES string of the molecule is CCN(c1ccc(C(=O)NC(C)c2ccc(C)cc2)cc1)S(=O)(=O)CC. The van der Waals surface area contributed by atoms with Crippen molar-refractivity contribution >= 4 is 21.6 Å². The van der Waals surface area contributed by atoms with Crippen molar-refractivity contribution in [1.29, 1.82) is 0 Å². The van der Waals surface area contributed by atoms with Crippen LogP contribution in [0.25, 0.3) is 0 Å². The summed E-state index contributed by atoms with van der Waals surface area (Å²) in [6, 6.07) is 14.6. The fourth-order valence-electron chi connectivity index (χ4n) is 2.69. The first-order valence-electron chi connectivity index (χ1n) is 8.76. The predicted molar refractivity (Wildman–Crippen MR) is 106 cm³/mol. The summed E-state index contributed by atoms with van der Waals surface area (Å²) >= 11 is 0. The van der Waals surface area contributed by atoms with Crippen molar-refractivity contribution in [2.45, 2.75) is 33.7 Å². The molecule has 140 valence electrons. The summed E-state index contributed by atoms with van der Waals surface area (Å²) in [6.45, 7) is 7.71. The minimum Gasteiger partial charge on any atom is -0.346 e. The second-order valence-corrected chi connectivity index (χ2v) is 8.40. The Kier molecular flexibility index (Phi) is 6.42. The normalized spacial score (nSPS) is 12.5. The molecule has 0 fully saturated rings. The summed E-state index contributed by atoms with van der Waals surface area (Å²) in [5.74, 6) is -0.150. The molecule has 0 saturated carbocycles. The van der Waals surface area contributed by atoms with Gasteiger partial charge in [0, 0.05) is 12.1 Å². The number of hydrogen-bond acceptors (Lipinski definition) is 3. The first kappa shape index (κ1) is 20.0. The van der Waals surface area contributed by atoms with Crippen LogP contribution in [-0.4, -0.2) is 26.6 Å². The molecule has 0 saturated heterocycles. The molecule has 0 aromatic heterocycles. The van der Waals surface area contributed by atoms with Crippen molar-refractivity contribution in [2.24, 2.45) is 0 Å². The summed E-state index contributed by atoms with van der Waals surface area (Å²) in [7, 11) is -3.32. The highest BCUT2D eigenvalue weighted by Crippen LogP contribution is 2.20. The number of amides is 1. The zero-order chi connectivity index (χ0) is 19.3. The maximum absolute atomic E-state index is 12.5. The molecule has 5 nitrogen and oxygen atoms in total. The van der Waals surface area contributed by atoms with Crippen molar-refractivity contribution in [3.8, 4) is 0 Å². The second-order valence-electron chi connectivity index (χ2n) is 6.22. The Balaban J connectivity index is 2.12. The summed E-state index contributed by atoms with van der Waals surface area (Å²) in [4.78, 5) is 12.5. The van der Waals surface area contributed by atoms with Gasteiger partial charge in [0.25, 0.3) is 5.91 Å². The van der Waals surface area contributed by atoms with E-state index < -0.39 is 10.0 Å². The molecule has 0 radical (unpaired) electrons. The standard InChI is InChI=1S/C20H26N2O3S/c1-5-22(26(24,25)6-2)19-13-11-18(12-14-19)20(23)21-16(4)17-9-7-15(3)8-10-17/h7-14,16H,5-6H2,1-4H3,(H,21,23). The van der Waals surface area contributed by atoms with Crippen molar-refractivity contribution in [2.75, 3.05) is 16.6 Å². The van der Waals surface area contributed by atoms with E-state index in [1.54, 1.807) is 38.1 Å². The van der Waals surface area contributed by atoms with Gasteiger partial charge in [-0.05, 0) is 57.5 Å². The number of benzene rings is 2. The van der Waals surface area contributed by atoms with E-state index in [2.05, 4.69) is 5.32 Å². The van der Waals surface area contributed by atoms with Crippen molar-refractivity contribution in [1.82, 2.24) is 5.32 Å². The van der Waals surface area contributed by atoms with Crippen LogP contribution in [-0.2, 0) is 10.0 Å². The Morgan fingerprint density at radius 2 is 1.62 bits per heavy atom. The Bertz CT molecular complexity index is 844. The van der Waals surface area contributed by atoms with Gasteiger partial charge in [0.05, 0.1) is 17.5 Å². The highest BCUT2D eigenvalue weighted by molar-refractivity contribution is 7.92. The molecule has 0 aliphatic carbocycles. The van der Waals surface area contributed by atoms with Gasteiger partial charge in [-0.15, -0.1) is 0 Å². The molecule has 0 bridgehead atoms. The molecule has 0 spiro atoms. The van der Waals surface area contributed by atoms with Crippen molar-refractivity contribution < 1.29 is 13.2 Å². The number of hydrogen-bond donors (Lipinski definition) is 1.